The summed E-state index contributed by atoms with van der Waals surface area (Å²) in [5.41, 5.74) is 0. The lowest BCUT2D eigenvalue weighted by Crippen LogP contribution is -2.24. The minimum Gasteiger partial charge on any atom is -0.481 e. The number of hydrogen-bond acceptors (Lipinski definition) is 2. The Morgan fingerprint density at radius 3 is 2.38 bits per heavy atom. The maximum atomic E-state index is 10.8. The van der Waals surface area contributed by atoms with Gasteiger partial charge in [-0.3, -0.25) is 9.59 Å². The lowest BCUT2D eigenvalue weighted by molar-refractivity contribution is -0.145. The van der Waals surface area contributed by atoms with Crippen LogP contribution in [0.4, 0.5) is 0 Å². The van der Waals surface area contributed by atoms with Gasteiger partial charge in [-0.15, -0.1) is 0 Å². The molecule has 13 heavy (non-hydrogen) atoms. The SMILES string of the molecule is C[C@H]1CC[C@H](CC(=O)O)[C@@H]1C(=O)O. The van der Waals surface area contributed by atoms with Gasteiger partial charge in [0, 0.05) is 6.42 Å². The molecule has 0 saturated heterocycles. The summed E-state index contributed by atoms with van der Waals surface area (Å²) in [7, 11) is 0. The average Bonchev–Trinajstić information content (AvgIpc) is 2.30. The van der Waals surface area contributed by atoms with Crippen molar-refractivity contribution in [2.45, 2.75) is 26.2 Å². The third kappa shape index (κ3) is 2.20. The molecule has 1 aliphatic rings. The highest BCUT2D eigenvalue weighted by atomic mass is 16.4. The van der Waals surface area contributed by atoms with Crippen LogP contribution in [0.5, 0.6) is 0 Å². The molecular formula is C9H14O4. The van der Waals surface area contributed by atoms with Gasteiger partial charge in [0.15, 0.2) is 0 Å². The smallest absolute Gasteiger partial charge is 0.307 e. The Morgan fingerprint density at radius 2 is 1.92 bits per heavy atom. The molecule has 74 valence electrons. The summed E-state index contributed by atoms with van der Waals surface area (Å²) in [6, 6.07) is 0. The first-order valence-corrected chi connectivity index (χ1v) is 4.47. The number of rotatable bonds is 3. The van der Waals surface area contributed by atoms with Gasteiger partial charge in [0.1, 0.15) is 0 Å². The van der Waals surface area contributed by atoms with Crippen molar-refractivity contribution in [2.24, 2.45) is 17.8 Å². The summed E-state index contributed by atoms with van der Waals surface area (Å²) >= 11 is 0. The highest BCUT2D eigenvalue weighted by Crippen LogP contribution is 2.38. The molecule has 0 aromatic heterocycles. The lowest BCUT2D eigenvalue weighted by Gasteiger charge is -2.16. The molecule has 1 rings (SSSR count). The first-order valence-electron chi connectivity index (χ1n) is 4.47. The molecule has 0 heterocycles. The van der Waals surface area contributed by atoms with Gasteiger partial charge < -0.3 is 10.2 Å². The highest BCUT2D eigenvalue weighted by molar-refractivity contribution is 5.73. The van der Waals surface area contributed by atoms with E-state index in [1.54, 1.807) is 0 Å². The Kier molecular flexibility index (Phi) is 2.90. The number of carboxylic acid groups (broad SMARTS) is 2. The van der Waals surface area contributed by atoms with E-state index in [9.17, 15) is 9.59 Å². The lowest BCUT2D eigenvalue weighted by atomic mass is 9.88. The fraction of sp³-hybridized carbons (Fsp3) is 0.778. The second-order valence-corrected chi connectivity index (χ2v) is 3.78. The third-order valence-corrected chi connectivity index (χ3v) is 2.84. The van der Waals surface area contributed by atoms with Gasteiger partial charge in [-0.25, -0.2) is 0 Å². The maximum Gasteiger partial charge on any atom is 0.307 e. The van der Waals surface area contributed by atoms with Crippen molar-refractivity contribution in [3.8, 4) is 0 Å². The monoisotopic (exact) mass is 186 g/mol. The molecule has 0 unspecified atom stereocenters. The Hall–Kier alpha value is -1.06. The quantitative estimate of drug-likeness (QED) is 0.694. The molecule has 0 aliphatic heterocycles. The second kappa shape index (κ2) is 3.77. The summed E-state index contributed by atoms with van der Waals surface area (Å²) in [5, 5.41) is 17.4. The fourth-order valence-electron chi connectivity index (χ4n) is 2.20. The molecule has 0 amide bonds. The molecule has 0 spiro atoms. The molecule has 4 nitrogen and oxygen atoms in total. The minimum atomic E-state index is -0.898. The van der Waals surface area contributed by atoms with Crippen LogP contribution in [0.1, 0.15) is 26.2 Å². The zero-order chi connectivity index (χ0) is 10.0. The highest BCUT2D eigenvalue weighted by Gasteiger charge is 2.39. The van der Waals surface area contributed by atoms with E-state index in [0.29, 0.717) is 0 Å². The zero-order valence-corrected chi connectivity index (χ0v) is 7.56. The van der Waals surface area contributed by atoms with Crippen molar-refractivity contribution >= 4 is 11.9 Å². The topological polar surface area (TPSA) is 74.6 Å². The Bertz CT molecular complexity index is 224. The van der Waals surface area contributed by atoms with Gasteiger partial charge in [-0.2, -0.15) is 0 Å². The van der Waals surface area contributed by atoms with Crippen molar-refractivity contribution in [3.63, 3.8) is 0 Å². The van der Waals surface area contributed by atoms with Crippen molar-refractivity contribution < 1.29 is 19.8 Å². The zero-order valence-electron chi connectivity index (χ0n) is 7.56. The Balaban J connectivity index is 2.64. The van der Waals surface area contributed by atoms with Crippen LogP contribution in [-0.2, 0) is 9.59 Å². The molecule has 1 fully saturated rings. The predicted molar refractivity (Wildman–Crippen MR) is 45.3 cm³/mol. The largest absolute Gasteiger partial charge is 0.481 e. The summed E-state index contributed by atoms with van der Waals surface area (Å²) in [6.07, 6.45) is 1.54. The molecule has 0 bridgehead atoms. The van der Waals surface area contributed by atoms with Crippen LogP contribution in [0.15, 0.2) is 0 Å². The van der Waals surface area contributed by atoms with E-state index < -0.39 is 17.9 Å². The van der Waals surface area contributed by atoms with Gasteiger partial charge in [0.2, 0.25) is 0 Å². The Labute approximate surface area is 76.6 Å². The summed E-state index contributed by atoms with van der Waals surface area (Å²) in [4.78, 5) is 21.2. The number of carboxylic acids is 2. The van der Waals surface area contributed by atoms with E-state index in [1.165, 1.54) is 0 Å². The van der Waals surface area contributed by atoms with Crippen molar-refractivity contribution in [2.75, 3.05) is 0 Å². The molecule has 0 aromatic carbocycles. The van der Waals surface area contributed by atoms with Crippen LogP contribution >= 0.6 is 0 Å². The molecule has 1 aliphatic carbocycles. The van der Waals surface area contributed by atoms with Crippen LogP contribution in [0.25, 0.3) is 0 Å². The van der Waals surface area contributed by atoms with Gasteiger partial charge in [0.25, 0.3) is 0 Å². The number of hydrogen-bond donors (Lipinski definition) is 2. The van der Waals surface area contributed by atoms with Crippen molar-refractivity contribution in [1.82, 2.24) is 0 Å². The molecular weight excluding hydrogens is 172 g/mol. The van der Waals surface area contributed by atoms with Crippen LogP contribution < -0.4 is 0 Å². The van der Waals surface area contributed by atoms with E-state index in [2.05, 4.69) is 0 Å². The third-order valence-electron chi connectivity index (χ3n) is 2.84. The second-order valence-electron chi connectivity index (χ2n) is 3.78. The molecule has 2 N–H and O–H groups in total. The molecule has 4 heteroatoms. The fourth-order valence-corrected chi connectivity index (χ4v) is 2.20. The number of carbonyl (C=O) groups is 2. The van der Waals surface area contributed by atoms with E-state index >= 15 is 0 Å². The predicted octanol–water partition coefficient (Wildman–Crippen LogP) is 1.21. The van der Waals surface area contributed by atoms with E-state index in [0.717, 1.165) is 12.8 Å². The normalized spacial score (nSPS) is 33.2. The Morgan fingerprint density at radius 1 is 1.31 bits per heavy atom. The standard InChI is InChI=1S/C9H14O4/c1-5-2-3-6(4-7(10)11)8(5)9(12)13/h5-6,8H,2-4H2,1H3,(H,10,11)(H,12,13)/t5-,6+,8+/m0/s1. The van der Waals surface area contributed by atoms with Crippen LogP contribution in [0, 0.1) is 17.8 Å². The molecule has 3 atom stereocenters. The van der Waals surface area contributed by atoms with Gasteiger partial charge in [-0.1, -0.05) is 6.92 Å². The summed E-state index contributed by atoms with van der Waals surface area (Å²) < 4.78 is 0. The minimum absolute atomic E-state index is 0.0126. The maximum absolute atomic E-state index is 10.8. The summed E-state index contributed by atoms with van der Waals surface area (Å²) in [5.74, 6) is -2.27. The molecule has 0 aromatic rings. The van der Waals surface area contributed by atoms with Gasteiger partial charge >= 0.3 is 11.9 Å². The number of aliphatic carboxylic acids is 2. The van der Waals surface area contributed by atoms with Gasteiger partial charge in [0.05, 0.1) is 5.92 Å². The average molecular weight is 186 g/mol. The van der Waals surface area contributed by atoms with E-state index in [1.807, 2.05) is 6.92 Å². The van der Waals surface area contributed by atoms with E-state index in [4.69, 9.17) is 10.2 Å². The molecule has 1 saturated carbocycles. The van der Waals surface area contributed by atoms with Crippen molar-refractivity contribution in [1.29, 1.82) is 0 Å². The first-order chi connectivity index (χ1) is 6.02. The van der Waals surface area contributed by atoms with E-state index in [-0.39, 0.29) is 18.3 Å². The first kappa shape index (κ1) is 10.0. The van der Waals surface area contributed by atoms with Gasteiger partial charge in [-0.05, 0) is 24.7 Å². The van der Waals surface area contributed by atoms with Crippen LogP contribution in [0.3, 0.4) is 0 Å². The van der Waals surface area contributed by atoms with Crippen molar-refractivity contribution in [3.05, 3.63) is 0 Å². The molecule has 0 radical (unpaired) electrons. The summed E-state index contributed by atoms with van der Waals surface area (Å²) in [6.45, 7) is 1.88. The van der Waals surface area contributed by atoms with Crippen LogP contribution in [0.2, 0.25) is 0 Å². The van der Waals surface area contributed by atoms with Crippen LogP contribution in [-0.4, -0.2) is 22.2 Å².